The number of hydrogen-bond donors (Lipinski definition) is 8. The molecule has 0 bridgehead atoms. The zero-order valence-electron chi connectivity index (χ0n) is 14.7. The lowest BCUT2D eigenvalue weighted by Gasteiger charge is -2.43. The minimum Gasteiger partial charge on any atom is -0.388 e. The highest BCUT2D eigenvalue weighted by atomic mass is 16.7. The normalized spacial score (nSPS) is 53.1. The molecule has 8 N–H and O–H groups in total. The Morgan fingerprint density at radius 2 is 1.04 bits per heavy atom. The van der Waals surface area contributed by atoms with Crippen LogP contribution in [0.5, 0.6) is 0 Å². The third kappa shape index (κ3) is 4.46. The van der Waals surface area contributed by atoms with Gasteiger partial charge >= 0.3 is 0 Å². The highest BCUT2D eigenvalue weighted by molar-refractivity contribution is 4.90. The molecule has 3 aliphatic heterocycles. The summed E-state index contributed by atoms with van der Waals surface area (Å²) in [7, 11) is 0. The minimum atomic E-state index is -1.65. The second kappa shape index (κ2) is 9.09. The molecule has 0 saturated carbocycles. The second-order valence-corrected chi connectivity index (χ2v) is 6.99. The number of ether oxygens (including phenoxy) is 5. The first kappa shape index (κ1) is 22.2. The van der Waals surface area contributed by atoms with Crippen molar-refractivity contribution in [2.75, 3.05) is 19.8 Å². The third-order valence-corrected chi connectivity index (χ3v) is 4.94. The Morgan fingerprint density at radius 1 is 0.536 bits per heavy atom. The Bertz CT molecular complexity index is 508. The predicted octanol–water partition coefficient (Wildman–Crippen LogP) is -5.66. The summed E-state index contributed by atoms with van der Waals surface area (Å²) in [6.07, 6.45) is -17.6. The molecule has 0 spiro atoms. The Hall–Kier alpha value is -0.520. The summed E-state index contributed by atoms with van der Waals surface area (Å²) < 4.78 is 26.0. The molecular formula is C15H26O13. The highest BCUT2D eigenvalue weighted by Gasteiger charge is 2.48. The van der Waals surface area contributed by atoms with E-state index in [1.807, 2.05) is 0 Å². The van der Waals surface area contributed by atoms with Crippen LogP contribution in [-0.4, -0.2) is 134 Å². The van der Waals surface area contributed by atoms with Crippen molar-refractivity contribution in [2.45, 2.75) is 73.8 Å². The number of hydrogen-bond acceptors (Lipinski definition) is 13. The number of rotatable bonds is 4. The van der Waals surface area contributed by atoms with Gasteiger partial charge in [0, 0.05) is 0 Å². The van der Waals surface area contributed by atoms with E-state index in [-0.39, 0.29) is 19.8 Å². The maximum absolute atomic E-state index is 10.5. The zero-order chi connectivity index (χ0) is 20.6. The molecule has 3 heterocycles. The van der Waals surface area contributed by atoms with Crippen LogP contribution in [0.4, 0.5) is 0 Å². The van der Waals surface area contributed by atoms with Gasteiger partial charge in [-0.1, -0.05) is 0 Å². The first-order chi connectivity index (χ1) is 13.2. The van der Waals surface area contributed by atoms with Crippen LogP contribution in [0.2, 0.25) is 0 Å². The number of aliphatic hydroxyl groups excluding tert-OH is 8. The minimum absolute atomic E-state index is 0.308. The van der Waals surface area contributed by atoms with Gasteiger partial charge in [-0.3, -0.25) is 0 Å². The Morgan fingerprint density at radius 3 is 1.57 bits per heavy atom. The van der Waals surface area contributed by atoms with Gasteiger partial charge in [-0.05, 0) is 0 Å². The first-order valence-electron chi connectivity index (χ1n) is 8.81. The summed E-state index contributed by atoms with van der Waals surface area (Å²) in [5, 5.41) is 78.6. The zero-order valence-corrected chi connectivity index (χ0v) is 14.7. The lowest BCUT2D eigenvalue weighted by Crippen LogP contribution is -2.62. The fraction of sp³-hybridized carbons (Fsp3) is 1.00. The van der Waals surface area contributed by atoms with E-state index in [0.29, 0.717) is 0 Å². The summed E-state index contributed by atoms with van der Waals surface area (Å²) in [4.78, 5) is 0. The third-order valence-electron chi connectivity index (χ3n) is 4.94. The molecule has 13 heteroatoms. The lowest BCUT2D eigenvalue weighted by molar-refractivity contribution is -0.356. The van der Waals surface area contributed by atoms with Gasteiger partial charge in [-0.2, -0.15) is 0 Å². The van der Waals surface area contributed by atoms with Gasteiger partial charge in [0.05, 0.1) is 19.8 Å². The molecule has 3 rings (SSSR count). The van der Waals surface area contributed by atoms with Gasteiger partial charge in [0.25, 0.3) is 0 Å². The van der Waals surface area contributed by atoms with E-state index in [0.717, 1.165) is 0 Å². The molecule has 3 saturated heterocycles. The molecule has 12 atom stereocenters. The van der Waals surface area contributed by atoms with Crippen LogP contribution in [-0.2, 0) is 23.7 Å². The molecule has 0 aromatic carbocycles. The quantitative estimate of drug-likeness (QED) is 0.216. The van der Waals surface area contributed by atoms with Crippen molar-refractivity contribution in [3.8, 4) is 0 Å². The average Bonchev–Trinajstić information content (AvgIpc) is 2.67. The Labute approximate surface area is 159 Å². The monoisotopic (exact) mass is 414 g/mol. The molecule has 0 radical (unpaired) electrons. The largest absolute Gasteiger partial charge is 0.388 e. The van der Waals surface area contributed by atoms with E-state index in [2.05, 4.69) is 0 Å². The molecule has 0 aliphatic carbocycles. The summed E-state index contributed by atoms with van der Waals surface area (Å²) in [6.45, 7) is -0.967. The molecule has 0 unspecified atom stereocenters. The average molecular weight is 414 g/mol. The van der Waals surface area contributed by atoms with Crippen molar-refractivity contribution >= 4 is 0 Å². The molecule has 0 amide bonds. The predicted molar refractivity (Wildman–Crippen MR) is 83.2 cm³/mol. The van der Waals surface area contributed by atoms with Crippen LogP contribution in [0.3, 0.4) is 0 Å². The second-order valence-electron chi connectivity index (χ2n) is 6.99. The topological polar surface area (TPSA) is 208 Å². The number of aliphatic hydroxyl groups is 8. The van der Waals surface area contributed by atoms with Gasteiger partial charge in [0.2, 0.25) is 0 Å². The molecule has 0 aromatic rings. The van der Waals surface area contributed by atoms with Crippen molar-refractivity contribution in [1.82, 2.24) is 0 Å². The van der Waals surface area contributed by atoms with Crippen molar-refractivity contribution in [1.29, 1.82) is 0 Å². The van der Waals surface area contributed by atoms with E-state index < -0.39 is 73.8 Å². The summed E-state index contributed by atoms with van der Waals surface area (Å²) >= 11 is 0. The Kier molecular flexibility index (Phi) is 7.20. The molecule has 0 aromatic heterocycles. The van der Waals surface area contributed by atoms with E-state index in [1.165, 1.54) is 0 Å². The van der Waals surface area contributed by atoms with Crippen LogP contribution < -0.4 is 0 Å². The maximum Gasteiger partial charge on any atom is 0.186 e. The van der Waals surface area contributed by atoms with Crippen LogP contribution in [0.25, 0.3) is 0 Å². The van der Waals surface area contributed by atoms with Crippen LogP contribution in [0.15, 0.2) is 0 Å². The van der Waals surface area contributed by atoms with E-state index in [1.54, 1.807) is 0 Å². The standard InChI is InChI=1S/C15H26O13/c16-4-1-25-14(10(21)7(4)18)27-6-3-24-13(23)12(9(6)20)28-15-11(22)8(19)5(17)2-26-15/h4-23H,1-3H2/t4-,5-,6-,7+,8+,9+,10-,11-,12-,13-,14+,15-/m1/s1. The molecule has 13 nitrogen and oxygen atoms in total. The fourth-order valence-electron chi connectivity index (χ4n) is 3.16. The molecule has 164 valence electrons. The van der Waals surface area contributed by atoms with Crippen LogP contribution in [0.1, 0.15) is 0 Å². The first-order valence-corrected chi connectivity index (χ1v) is 8.81. The van der Waals surface area contributed by atoms with Crippen molar-refractivity contribution in [2.24, 2.45) is 0 Å². The van der Waals surface area contributed by atoms with Crippen molar-refractivity contribution < 1.29 is 64.5 Å². The molecular weight excluding hydrogens is 388 g/mol. The van der Waals surface area contributed by atoms with Crippen molar-refractivity contribution in [3.63, 3.8) is 0 Å². The molecule has 3 fully saturated rings. The molecule has 3 aliphatic rings. The van der Waals surface area contributed by atoms with Crippen LogP contribution in [0, 0.1) is 0 Å². The van der Waals surface area contributed by atoms with Gasteiger partial charge < -0.3 is 64.5 Å². The van der Waals surface area contributed by atoms with Crippen LogP contribution >= 0.6 is 0 Å². The van der Waals surface area contributed by atoms with E-state index in [4.69, 9.17) is 23.7 Å². The lowest BCUT2D eigenvalue weighted by atomic mass is 10.0. The van der Waals surface area contributed by atoms with Crippen molar-refractivity contribution in [3.05, 3.63) is 0 Å². The van der Waals surface area contributed by atoms with Gasteiger partial charge in [-0.15, -0.1) is 0 Å². The summed E-state index contributed by atoms with van der Waals surface area (Å²) in [6, 6.07) is 0. The SMILES string of the molecule is O[C@@H]1[C@@H](O)[C@@H](O[C@@H]2[C@@H](O)[C@H](O[C@@H]3OC[C@@H](O)[C@H](O)[C@H]3O)CO[C@H]2O)OC[C@H]1O. The summed E-state index contributed by atoms with van der Waals surface area (Å²) in [5.74, 6) is 0. The van der Waals surface area contributed by atoms with E-state index in [9.17, 15) is 40.9 Å². The van der Waals surface area contributed by atoms with E-state index >= 15 is 0 Å². The summed E-state index contributed by atoms with van der Waals surface area (Å²) in [5.41, 5.74) is 0. The van der Waals surface area contributed by atoms with Gasteiger partial charge in [0.1, 0.15) is 54.9 Å². The molecule has 28 heavy (non-hydrogen) atoms. The Balaban J connectivity index is 1.62. The smallest absolute Gasteiger partial charge is 0.186 e. The van der Waals surface area contributed by atoms with Gasteiger partial charge in [-0.25, -0.2) is 0 Å². The maximum atomic E-state index is 10.5. The highest BCUT2D eigenvalue weighted by Crippen LogP contribution is 2.27. The van der Waals surface area contributed by atoms with Gasteiger partial charge in [0.15, 0.2) is 18.9 Å². The fourth-order valence-corrected chi connectivity index (χ4v) is 3.16.